The van der Waals surface area contributed by atoms with Gasteiger partial charge in [0.15, 0.2) is 11.2 Å². The Labute approximate surface area is 242 Å². The number of hydrogen-bond acceptors (Lipinski definition) is 7. The van der Waals surface area contributed by atoms with Gasteiger partial charge in [0.25, 0.3) is 0 Å². The average molecular weight is 583 g/mol. The van der Waals surface area contributed by atoms with Crippen LogP contribution in [0.4, 0.5) is 27.5 Å². The summed E-state index contributed by atoms with van der Waals surface area (Å²) in [4.78, 5) is 34.9. The van der Waals surface area contributed by atoms with Crippen molar-refractivity contribution in [2.75, 3.05) is 21.3 Å². The maximum atomic E-state index is 12.5. The number of urea groups is 1. The van der Waals surface area contributed by atoms with Crippen LogP contribution in [0.2, 0.25) is 5.02 Å². The molecule has 0 radical (unpaired) electrons. The lowest BCUT2D eigenvalue weighted by Gasteiger charge is -2.21. The summed E-state index contributed by atoms with van der Waals surface area (Å²) in [6.45, 7) is 9.75. The molecule has 0 atom stereocenters. The van der Waals surface area contributed by atoms with Gasteiger partial charge in [0.05, 0.1) is 10.7 Å². The van der Waals surface area contributed by atoms with Crippen LogP contribution < -0.4 is 30.7 Å². The van der Waals surface area contributed by atoms with Crippen LogP contribution in [0.15, 0.2) is 79.1 Å². The fourth-order valence-corrected chi connectivity index (χ4v) is 3.48. The van der Waals surface area contributed by atoms with E-state index in [0.29, 0.717) is 40.1 Å². The van der Waals surface area contributed by atoms with Gasteiger partial charge in [-0.1, -0.05) is 18.2 Å². The minimum absolute atomic E-state index is 0.278. The zero-order valence-electron chi connectivity index (χ0n) is 22.9. The number of ether oxygens (including phenoxy) is 2. The van der Waals surface area contributed by atoms with Crippen molar-refractivity contribution in [2.24, 2.45) is 0 Å². The smallest absolute Gasteiger partial charge is 0.347 e. The quantitative estimate of drug-likeness (QED) is 0.141. The van der Waals surface area contributed by atoms with Crippen molar-refractivity contribution < 1.29 is 34.1 Å². The number of nitrogens with one attached hydrogen (secondary N) is 4. The third-order valence-electron chi connectivity index (χ3n) is 5.55. The second kappa shape index (κ2) is 12.5. The van der Waals surface area contributed by atoms with Crippen LogP contribution in [0, 0.1) is 0 Å². The van der Waals surface area contributed by atoms with Gasteiger partial charge in [-0.25, -0.2) is 14.4 Å². The molecule has 0 heterocycles. The number of halogens is 1. The molecule has 216 valence electrons. The molecule has 0 bridgehead atoms. The molecule has 0 aliphatic heterocycles. The number of carboxylic acid groups (broad SMARTS) is 2. The third-order valence-corrected chi connectivity index (χ3v) is 5.86. The molecule has 12 heteroatoms. The maximum absolute atomic E-state index is 12.5. The minimum atomic E-state index is -1.39. The molecule has 0 saturated heterocycles. The number of anilines is 4. The highest BCUT2D eigenvalue weighted by Gasteiger charge is 2.30. The number of rotatable bonds is 12. The first kappa shape index (κ1) is 30.6. The molecule has 3 rings (SSSR count). The van der Waals surface area contributed by atoms with E-state index in [9.17, 15) is 24.6 Å². The second-order valence-electron chi connectivity index (χ2n) is 9.89. The van der Waals surface area contributed by atoms with E-state index in [0.717, 1.165) is 0 Å². The molecular weight excluding hydrogens is 552 g/mol. The summed E-state index contributed by atoms with van der Waals surface area (Å²) in [7, 11) is 0. The summed E-state index contributed by atoms with van der Waals surface area (Å²) >= 11 is 6.37. The molecule has 0 aliphatic rings. The van der Waals surface area contributed by atoms with Crippen molar-refractivity contribution in [2.45, 2.75) is 38.9 Å². The van der Waals surface area contributed by atoms with Crippen LogP contribution in [-0.2, 0) is 9.59 Å². The molecular formula is C29H31ClN4O7. The molecule has 11 nitrogen and oxygen atoms in total. The van der Waals surface area contributed by atoms with E-state index >= 15 is 0 Å². The first-order valence-corrected chi connectivity index (χ1v) is 12.7. The zero-order chi connectivity index (χ0) is 30.4. The Kier molecular flexibility index (Phi) is 9.35. The molecule has 6 N–H and O–H groups in total. The van der Waals surface area contributed by atoms with E-state index in [2.05, 4.69) is 27.8 Å². The number of carbonyl (C=O) groups excluding carboxylic acids is 1. The molecule has 0 unspecified atom stereocenters. The normalized spacial score (nSPS) is 11.1. The van der Waals surface area contributed by atoms with Gasteiger partial charge in [-0.05, 0) is 94.4 Å². The monoisotopic (exact) mass is 582 g/mol. The molecule has 0 spiro atoms. The molecule has 0 fully saturated rings. The van der Waals surface area contributed by atoms with Gasteiger partial charge < -0.3 is 41.0 Å². The third kappa shape index (κ3) is 8.80. The summed E-state index contributed by atoms with van der Waals surface area (Å²) in [6, 6.07) is 17.4. The lowest BCUT2D eigenvalue weighted by atomic mass is 10.1. The second-order valence-corrected chi connectivity index (χ2v) is 10.3. The Morgan fingerprint density at radius 2 is 1.10 bits per heavy atom. The van der Waals surface area contributed by atoms with Gasteiger partial charge in [0.1, 0.15) is 17.3 Å². The topological polar surface area (TPSA) is 158 Å². The van der Waals surface area contributed by atoms with Crippen molar-refractivity contribution in [1.82, 2.24) is 0 Å². The summed E-state index contributed by atoms with van der Waals surface area (Å²) in [5.41, 5.74) is -0.614. The summed E-state index contributed by atoms with van der Waals surface area (Å²) < 4.78 is 10.9. The van der Waals surface area contributed by atoms with Crippen LogP contribution >= 0.6 is 11.6 Å². The van der Waals surface area contributed by atoms with Crippen molar-refractivity contribution in [3.8, 4) is 11.5 Å². The van der Waals surface area contributed by atoms with E-state index < -0.39 is 29.2 Å². The number of carbonyl (C=O) groups is 3. The lowest BCUT2D eigenvalue weighted by Crippen LogP contribution is -2.37. The molecule has 0 saturated carbocycles. The van der Waals surface area contributed by atoms with Crippen LogP contribution in [0.5, 0.6) is 11.5 Å². The molecule has 3 aromatic carbocycles. The van der Waals surface area contributed by atoms with Crippen molar-refractivity contribution in [3.63, 3.8) is 0 Å². The standard InChI is InChI=1S/C29H31ClN4O7/c1-17(31-18-6-11-21(12-7-18)40-28(2,3)25(35)36)32-20-10-15-24(23(30)16-20)34-27(39)33-19-8-13-22(14-9-19)41-29(4,5)26(37)38/h6-16,31-32H,1H2,2-5H3,(H,35,36)(H,37,38)(H2,33,34,39). The van der Waals surface area contributed by atoms with Gasteiger partial charge in [-0.3, -0.25) is 0 Å². The van der Waals surface area contributed by atoms with Crippen LogP contribution in [-0.4, -0.2) is 39.4 Å². The summed E-state index contributed by atoms with van der Waals surface area (Å²) in [6.07, 6.45) is 0. The molecule has 0 aliphatic carbocycles. The van der Waals surface area contributed by atoms with Crippen LogP contribution in [0.1, 0.15) is 27.7 Å². The lowest BCUT2D eigenvalue weighted by molar-refractivity contribution is -0.152. The van der Waals surface area contributed by atoms with Gasteiger partial charge >= 0.3 is 18.0 Å². The van der Waals surface area contributed by atoms with Gasteiger partial charge in [-0.2, -0.15) is 0 Å². The van der Waals surface area contributed by atoms with E-state index in [1.807, 2.05) is 0 Å². The number of amides is 2. The zero-order valence-corrected chi connectivity index (χ0v) is 23.6. The van der Waals surface area contributed by atoms with Crippen molar-refractivity contribution in [3.05, 3.63) is 84.2 Å². The van der Waals surface area contributed by atoms with Gasteiger partial charge in [0.2, 0.25) is 0 Å². The fraction of sp³-hybridized carbons (Fsp3) is 0.207. The van der Waals surface area contributed by atoms with E-state index in [1.165, 1.54) is 27.7 Å². The SMILES string of the molecule is C=C(Nc1ccc(OC(C)(C)C(=O)O)cc1)Nc1ccc(NC(=O)Nc2ccc(OC(C)(C)C(=O)O)cc2)c(Cl)c1. The Morgan fingerprint density at radius 1 is 0.683 bits per heavy atom. The van der Waals surface area contributed by atoms with E-state index in [-0.39, 0.29) is 5.02 Å². The number of hydrogen-bond donors (Lipinski definition) is 6. The van der Waals surface area contributed by atoms with Gasteiger partial charge in [0, 0.05) is 17.1 Å². The average Bonchev–Trinajstić information content (AvgIpc) is 2.87. The van der Waals surface area contributed by atoms with Crippen LogP contribution in [0.3, 0.4) is 0 Å². The number of benzene rings is 3. The molecule has 0 aromatic heterocycles. The predicted octanol–water partition coefficient (Wildman–Crippen LogP) is 6.46. The van der Waals surface area contributed by atoms with Gasteiger partial charge in [-0.15, -0.1) is 0 Å². The van der Waals surface area contributed by atoms with Crippen molar-refractivity contribution in [1.29, 1.82) is 0 Å². The van der Waals surface area contributed by atoms with Crippen molar-refractivity contribution >= 4 is 52.3 Å². The highest BCUT2D eigenvalue weighted by Crippen LogP contribution is 2.28. The fourth-order valence-electron chi connectivity index (χ4n) is 3.25. The molecule has 41 heavy (non-hydrogen) atoms. The summed E-state index contributed by atoms with van der Waals surface area (Å²) in [5.74, 6) is -0.974. The molecule has 3 aromatic rings. The maximum Gasteiger partial charge on any atom is 0.347 e. The number of aliphatic carboxylic acids is 2. The Balaban J connectivity index is 1.52. The highest BCUT2D eigenvalue weighted by molar-refractivity contribution is 6.34. The minimum Gasteiger partial charge on any atom is -0.478 e. The highest BCUT2D eigenvalue weighted by atomic mass is 35.5. The van der Waals surface area contributed by atoms with Crippen LogP contribution in [0.25, 0.3) is 0 Å². The number of carboxylic acids is 2. The first-order valence-electron chi connectivity index (χ1n) is 12.3. The largest absolute Gasteiger partial charge is 0.478 e. The van der Waals surface area contributed by atoms with E-state index in [1.54, 1.807) is 66.7 Å². The Bertz CT molecular complexity index is 1440. The summed E-state index contributed by atoms with van der Waals surface area (Å²) in [5, 5.41) is 30.1. The molecule has 2 amide bonds. The Hall–Kier alpha value is -4.90. The predicted molar refractivity (Wildman–Crippen MR) is 158 cm³/mol. The van der Waals surface area contributed by atoms with E-state index in [4.69, 9.17) is 21.1 Å². The Morgan fingerprint density at radius 3 is 1.54 bits per heavy atom. The first-order chi connectivity index (χ1) is 19.1.